The van der Waals surface area contributed by atoms with Crippen LogP contribution in [0.4, 0.5) is 11.4 Å². The number of hydrogen-bond acceptors (Lipinski definition) is 6. The fraction of sp³-hybridized carbons (Fsp3) is 0.368. The van der Waals surface area contributed by atoms with E-state index >= 15 is 0 Å². The Morgan fingerprint density at radius 1 is 1.10 bits per heavy atom. The van der Waals surface area contributed by atoms with Gasteiger partial charge in [-0.3, -0.25) is 0 Å². The summed E-state index contributed by atoms with van der Waals surface area (Å²) in [6.07, 6.45) is 3.01. The molecule has 0 radical (unpaired) electrons. The molecule has 1 aliphatic rings. The maximum Gasteiger partial charge on any atom is 0.211 e. The average molecular weight is 479 g/mol. The van der Waals surface area contributed by atoms with Crippen LogP contribution in [-0.4, -0.2) is 74.2 Å². The van der Waals surface area contributed by atoms with Crippen LogP contribution in [0.5, 0.6) is 0 Å². The number of piperazine rings is 1. The highest BCUT2D eigenvalue weighted by molar-refractivity contribution is 9.10. The molecule has 0 aliphatic carbocycles. The lowest BCUT2D eigenvalue weighted by Gasteiger charge is -2.35. The predicted molar refractivity (Wildman–Crippen MR) is 120 cm³/mol. The van der Waals surface area contributed by atoms with Crippen molar-refractivity contribution < 1.29 is 8.42 Å². The summed E-state index contributed by atoms with van der Waals surface area (Å²) in [5.74, 6) is 0.756. The minimum Gasteiger partial charge on any atom is -0.378 e. The van der Waals surface area contributed by atoms with Crippen molar-refractivity contribution in [3.05, 3.63) is 34.9 Å². The van der Waals surface area contributed by atoms with E-state index in [9.17, 15) is 8.42 Å². The Bertz CT molecular complexity index is 1140. The topological polar surface area (TPSA) is 85.4 Å². The van der Waals surface area contributed by atoms with Gasteiger partial charge in [-0.2, -0.15) is 4.31 Å². The third-order valence-electron chi connectivity index (χ3n) is 5.13. The molecule has 3 heterocycles. The maximum absolute atomic E-state index is 11.8. The molecular formula is C19H23BrN6O2S. The van der Waals surface area contributed by atoms with E-state index in [0.29, 0.717) is 31.8 Å². The molecule has 4 rings (SSSR count). The SMILES string of the molecule is CN(C)c1ccc(-c2nc3ncc(Br)c(N4CCN(S(C)(=O)=O)CC4)c3[nH]2)cc1. The molecule has 1 aromatic carbocycles. The summed E-state index contributed by atoms with van der Waals surface area (Å²) >= 11 is 3.61. The molecular weight excluding hydrogens is 456 g/mol. The molecule has 0 amide bonds. The lowest BCUT2D eigenvalue weighted by molar-refractivity contribution is 0.388. The Morgan fingerprint density at radius 3 is 2.34 bits per heavy atom. The number of nitrogens with zero attached hydrogens (tertiary/aromatic N) is 5. The first-order chi connectivity index (χ1) is 13.7. The van der Waals surface area contributed by atoms with E-state index in [0.717, 1.165) is 32.8 Å². The lowest BCUT2D eigenvalue weighted by Crippen LogP contribution is -2.48. The summed E-state index contributed by atoms with van der Waals surface area (Å²) in [4.78, 5) is 16.8. The van der Waals surface area contributed by atoms with E-state index in [2.05, 4.69) is 52.8 Å². The second-order valence-electron chi connectivity index (χ2n) is 7.33. The number of aromatic amines is 1. The van der Waals surface area contributed by atoms with Crippen LogP contribution in [0.15, 0.2) is 34.9 Å². The number of H-pyrrole nitrogens is 1. The van der Waals surface area contributed by atoms with Crippen LogP contribution in [0, 0.1) is 0 Å². The fourth-order valence-corrected chi connectivity index (χ4v) is 4.91. The number of nitrogens with one attached hydrogen (secondary N) is 1. The van der Waals surface area contributed by atoms with Gasteiger partial charge in [0.1, 0.15) is 11.3 Å². The Morgan fingerprint density at radius 2 is 1.76 bits per heavy atom. The Kier molecular flexibility index (Phi) is 5.26. The third kappa shape index (κ3) is 3.96. The number of sulfonamides is 1. The third-order valence-corrected chi connectivity index (χ3v) is 7.01. The van der Waals surface area contributed by atoms with Crippen LogP contribution in [0.1, 0.15) is 0 Å². The molecule has 0 atom stereocenters. The predicted octanol–water partition coefficient (Wildman–Crippen LogP) is 2.54. The molecule has 0 spiro atoms. The molecule has 0 bridgehead atoms. The molecule has 8 nitrogen and oxygen atoms in total. The fourth-order valence-electron chi connectivity index (χ4n) is 3.53. The largest absolute Gasteiger partial charge is 0.378 e. The number of aromatic nitrogens is 3. The average Bonchev–Trinajstić information content (AvgIpc) is 3.11. The van der Waals surface area contributed by atoms with Gasteiger partial charge in [0.2, 0.25) is 10.0 Å². The summed E-state index contributed by atoms with van der Waals surface area (Å²) in [5, 5.41) is 0. The molecule has 29 heavy (non-hydrogen) atoms. The van der Waals surface area contributed by atoms with Gasteiger partial charge in [0.05, 0.1) is 16.4 Å². The van der Waals surface area contributed by atoms with E-state index in [1.54, 1.807) is 6.20 Å². The number of anilines is 2. The Labute approximate surface area is 178 Å². The number of benzene rings is 1. The summed E-state index contributed by atoms with van der Waals surface area (Å²) in [6.45, 7) is 2.14. The summed E-state index contributed by atoms with van der Waals surface area (Å²) in [7, 11) is 0.848. The number of pyridine rings is 1. The van der Waals surface area contributed by atoms with Gasteiger partial charge in [-0.1, -0.05) is 0 Å². The molecule has 154 valence electrons. The molecule has 0 unspecified atom stereocenters. The van der Waals surface area contributed by atoms with Gasteiger partial charge in [-0.15, -0.1) is 0 Å². The zero-order valence-electron chi connectivity index (χ0n) is 16.6. The van der Waals surface area contributed by atoms with Crippen molar-refractivity contribution in [2.75, 3.05) is 56.3 Å². The van der Waals surface area contributed by atoms with Crippen molar-refractivity contribution in [1.82, 2.24) is 19.3 Å². The van der Waals surface area contributed by atoms with Gasteiger partial charge in [-0.05, 0) is 40.2 Å². The van der Waals surface area contributed by atoms with Crippen LogP contribution >= 0.6 is 15.9 Å². The van der Waals surface area contributed by atoms with Gasteiger partial charge in [-0.25, -0.2) is 18.4 Å². The molecule has 1 aliphatic heterocycles. The minimum absolute atomic E-state index is 0.460. The minimum atomic E-state index is -3.17. The smallest absolute Gasteiger partial charge is 0.211 e. The molecule has 0 saturated carbocycles. The monoisotopic (exact) mass is 478 g/mol. The first-order valence-electron chi connectivity index (χ1n) is 9.26. The second kappa shape index (κ2) is 7.58. The van der Waals surface area contributed by atoms with Crippen LogP contribution in [0.25, 0.3) is 22.6 Å². The number of rotatable bonds is 4. The summed E-state index contributed by atoms with van der Waals surface area (Å²) in [6, 6.07) is 8.17. The quantitative estimate of drug-likeness (QED) is 0.619. The van der Waals surface area contributed by atoms with Gasteiger partial charge in [0, 0.05) is 57.7 Å². The van der Waals surface area contributed by atoms with Crippen molar-refractivity contribution in [2.24, 2.45) is 0 Å². The lowest BCUT2D eigenvalue weighted by atomic mass is 10.2. The number of fused-ring (bicyclic) bond motifs is 1. The van der Waals surface area contributed by atoms with E-state index in [1.807, 2.05) is 26.2 Å². The van der Waals surface area contributed by atoms with Crippen molar-refractivity contribution in [2.45, 2.75) is 0 Å². The summed E-state index contributed by atoms with van der Waals surface area (Å²) in [5.41, 5.74) is 4.55. The molecule has 1 N–H and O–H groups in total. The number of halogens is 1. The van der Waals surface area contributed by atoms with E-state index in [-0.39, 0.29) is 0 Å². The second-order valence-corrected chi connectivity index (χ2v) is 10.2. The first kappa shape index (κ1) is 20.1. The highest BCUT2D eigenvalue weighted by Gasteiger charge is 2.26. The van der Waals surface area contributed by atoms with E-state index < -0.39 is 10.0 Å². The zero-order valence-corrected chi connectivity index (χ0v) is 19.0. The van der Waals surface area contributed by atoms with Crippen molar-refractivity contribution >= 4 is 48.5 Å². The standard InChI is InChI=1S/C19H23BrN6O2S/c1-24(2)14-6-4-13(5-7-14)18-22-16-17(15(20)12-21-19(16)23-18)25-8-10-26(11-9-25)29(3,27)28/h4-7,12H,8-11H2,1-3H3,(H,21,22,23). The van der Waals surface area contributed by atoms with Gasteiger partial charge >= 0.3 is 0 Å². The Hall–Kier alpha value is -2.17. The normalized spacial score (nSPS) is 15.8. The van der Waals surface area contributed by atoms with Gasteiger partial charge in [0.25, 0.3) is 0 Å². The maximum atomic E-state index is 11.8. The van der Waals surface area contributed by atoms with Crippen molar-refractivity contribution in [3.8, 4) is 11.4 Å². The van der Waals surface area contributed by atoms with Crippen molar-refractivity contribution in [3.63, 3.8) is 0 Å². The first-order valence-corrected chi connectivity index (χ1v) is 11.9. The van der Waals surface area contributed by atoms with Gasteiger partial charge in [0.15, 0.2) is 5.65 Å². The highest BCUT2D eigenvalue weighted by atomic mass is 79.9. The molecule has 3 aromatic rings. The van der Waals surface area contributed by atoms with Crippen molar-refractivity contribution in [1.29, 1.82) is 0 Å². The van der Waals surface area contributed by atoms with E-state index in [1.165, 1.54) is 10.6 Å². The summed E-state index contributed by atoms with van der Waals surface area (Å²) < 4.78 is 26.0. The van der Waals surface area contributed by atoms with Crippen LogP contribution in [-0.2, 0) is 10.0 Å². The molecule has 10 heteroatoms. The number of imidazole rings is 1. The zero-order chi connectivity index (χ0) is 20.8. The van der Waals surface area contributed by atoms with Gasteiger partial charge < -0.3 is 14.8 Å². The van der Waals surface area contributed by atoms with Crippen LogP contribution < -0.4 is 9.80 Å². The highest BCUT2D eigenvalue weighted by Crippen LogP contribution is 2.34. The Balaban J connectivity index is 1.68. The molecule has 2 aromatic heterocycles. The van der Waals surface area contributed by atoms with Crippen LogP contribution in [0.2, 0.25) is 0 Å². The van der Waals surface area contributed by atoms with Crippen LogP contribution in [0.3, 0.4) is 0 Å². The number of hydrogen-bond donors (Lipinski definition) is 1. The molecule has 1 fully saturated rings. The van der Waals surface area contributed by atoms with E-state index in [4.69, 9.17) is 0 Å². The molecule has 1 saturated heterocycles.